The highest BCUT2D eigenvalue weighted by Gasteiger charge is 2.23. The molecule has 0 aliphatic carbocycles. The highest BCUT2D eigenvalue weighted by molar-refractivity contribution is 7.99. The van der Waals surface area contributed by atoms with Crippen LogP contribution in [0.4, 0.5) is 0 Å². The summed E-state index contributed by atoms with van der Waals surface area (Å²) in [5.41, 5.74) is 2.52. The zero-order valence-electron chi connectivity index (χ0n) is 11.0. The molecule has 20 heavy (non-hydrogen) atoms. The number of ether oxygens (including phenoxy) is 1. The van der Waals surface area contributed by atoms with Crippen LogP contribution in [0, 0.1) is 6.92 Å². The van der Waals surface area contributed by atoms with Gasteiger partial charge in [-0.05, 0) is 24.6 Å². The molecule has 2 aromatic rings. The summed E-state index contributed by atoms with van der Waals surface area (Å²) >= 11 is 2.92. The molecule has 0 saturated carbocycles. The first-order valence-electron chi connectivity index (χ1n) is 6.32. The third kappa shape index (κ3) is 2.83. The van der Waals surface area contributed by atoms with Crippen LogP contribution in [0.25, 0.3) is 0 Å². The van der Waals surface area contributed by atoms with Crippen LogP contribution in [0.2, 0.25) is 0 Å². The lowest BCUT2D eigenvalue weighted by Crippen LogP contribution is -2.15. The first-order valence-corrected chi connectivity index (χ1v) is 8.19. The van der Waals surface area contributed by atoms with E-state index in [2.05, 4.69) is 19.1 Å². The van der Waals surface area contributed by atoms with Crippen molar-refractivity contribution in [2.24, 2.45) is 0 Å². The Labute approximate surface area is 125 Å². The number of carboxylic acid groups (broad SMARTS) is 1. The molecule has 1 N–H and O–H groups in total. The van der Waals surface area contributed by atoms with E-state index in [4.69, 9.17) is 9.84 Å². The summed E-state index contributed by atoms with van der Waals surface area (Å²) in [4.78, 5) is 12.2. The second kappa shape index (κ2) is 5.50. The molecule has 104 valence electrons. The highest BCUT2D eigenvalue weighted by Crippen LogP contribution is 2.33. The quantitative estimate of drug-likeness (QED) is 0.872. The molecule has 2 heterocycles. The van der Waals surface area contributed by atoms with Crippen molar-refractivity contribution in [2.75, 3.05) is 5.75 Å². The van der Waals surface area contributed by atoms with E-state index in [1.807, 2.05) is 11.4 Å². The molecular weight excluding hydrogens is 292 g/mol. The molecule has 1 aromatic heterocycles. The van der Waals surface area contributed by atoms with E-state index < -0.39 is 5.97 Å². The topological polar surface area (TPSA) is 46.5 Å². The van der Waals surface area contributed by atoms with E-state index in [1.54, 1.807) is 17.8 Å². The van der Waals surface area contributed by atoms with Crippen molar-refractivity contribution >= 4 is 29.1 Å². The number of fused-ring (bicyclic) bond motifs is 1. The molecule has 3 nitrogen and oxygen atoms in total. The predicted octanol–water partition coefficient (Wildman–Crippen LogP) is 3.85. The lowest BCUT2D eigenvalue weighted by atomic mass is 10.1. The molecule has 0 radical (unpaired) electrons. The number of hydrogen-bond donors (Lipinski definition) is 1. The van der Waals surface area contributed by atoms with Gasteiger partial charge in [-0.2, -0.15) is 0 Å². The van der Waals surface area contributed by atoms with Gasteiger partial charge in [0.25, 0.3) is 0 Å². The summed E-state index contributed by atoms with van der Waals surface area (Å²) in [7, 11) is 0. The summed E-state index contributed by atoms with van der Waals surface area (Å²) < 4.78 is 5.90. The van der Waals surface area contributed by atoms with E-state index in [0.717, 1.165) is 22.8 Å². The molecule has 1 aliphatic heterocycles. The van der Waals surface area contributed by atoms with Gasteiger partial charge in [-0.25, -0.2) is 4.79 Å². The molecule has 1 atom stereocenters. The highest BCUT2D eigenvalue weighted by atomic mass is 32.2. The van der Waals surface area contributed by atoms with Crippen molar-refractivity contribution in [2.45, 2.75) is 24.3 Å². The number of carboxylic acids is 1. The van der Waals surface area contributed by atoms with Gasteiger partial charge in [-0.1, -0.05) is 17.7 Å². The van der Waals surface area contributed by atoms with Crippen molar-refractivity contribution in [1.82, 2.24) is 0 Å². The number of thioether (sulfide) groups is 1. The second-order valence-corrected chi connectivity index (χ2v) is 6.82. The molecule has 0 bridgehead atoms. The van der Waals surface area contributed by atoms with Crippen LogP contribution in [-0.2, 0) is 6.42 Å². The molecular formula is C15H14O3S2. The molecule has 1 aliphatic rings. The van der Waals surface area contributed by atoms with Crippen LogP contribution in [0.1, 0.15) is 20.8 Å². The minimum Gasteiger partial charge on any atom is -0.489 e. The Morgan fingerprint density at radius 1 is 1.50 bits per heavy atom. The number of rotatable bonds is 4. The van der Waals surface area contributed by atoms with Crippen LogP contribution >= 0.6 is 23.1 Å². The monoisotopic (exact) mass is 306 g/mol. The Morgan fingerprint density at radius 2 is 2.35 bits per heavy atom. The first kappa shape index (κ1) is 13.5. The summed E-state index contributed by atoms with van der Waals surface area (Å²) in [5.74, 6) is 0.961. The zero-order chi connectivity index (χ0) is 14.1. The van der Waals surface area contributed by atoms with Crippen LogP contribution in [0.3, 0.4) is 0 Å². The number of aromatic carboxylic acids is 1. The van der Waals surface area contributed by atoms with Gasteiger partial charge in [0.1, 0.15) is 16.7 Å². The van der Waals surface area contributed by atoms with Crippen molar-refractivity contribution < 1.29 is 14.6 Å². The van der Waals surface area contributed by atoms with Gasteiger partial charge >= 0.3 is 5.97 Å². The lowest BCUT2D eigenvalue weighted by Gasteiger charge is -2.09. The van der Waals surface area contributed by atoms with E-state index in [-0.39, 0.29) is 6.10 Å². The van der Waals surface area contributed by atoms with Gasteiger partial charge in [0.05, 0.1) is 0 Å². The number of benzene rings is 1. The van der Waals surface area contributed by atoms with Gasteiger partial charge in [0, 0.05) is 22.4 Å². The van der Waals surface area contributed by atoms with Crippen molar-refractivity contribution in [3.63, 3.8) is 0 Å². The van der Waals surface area contributed by atoms with Crippen molar-refractivity contribution in [1.29, 1.82) is 0 Å². The maximum Gasteiger partial charge on any atom is 0.345 e. The minimum absolute atomic E-state index is 0.171. The van der Waals surface area contributed by atoms with Crippen LogP contribution in [-0.4, -0.2) is 22.9 Å². The van der Waals surface area contributed by atoms with E-state index in [1.165, 1.54) is 22.5 Å². The molecule has 0 saturated heterocycles. The Hall–Kier alpha value is -1.46. The molecule has 0 fully saturated rings. The third-order valence-electron chi connectivity index (χ3n) is 3.18. The van der Waals surface area contributed by atoms with E-state index in [9.17, 15) is 4.79 Å². The van der Waals surface area contributed by atoms with E-state index >= 15 is 0 Å². The maximum atomic E-state index is 10.8. The molecule has 1 unspecified atom stereocenters. The second-order valence-electron chi connectivity index (χ2n) is 4.82. The Morgan fingerprint density at radius 3 is 3.10 bits per heavy atom. The fourth-order valence-electron chi connectivity index (χ4n) is 2.24. The lowest BCUT2D eigenvalue weighted by molar-refractivity contribution is 0.0702. The Kier molecular flexibility index (Phi) is 3.72. The molecule has 0 amide bonds. The normalized spacial score (nSPS) is 16.8. The molecule has 1 aromatic carbocycles. The number of thiophene rings is 1. The Balaban J connectivity index is 1.59. The largest absolute Gasteiger partial charge is 0.489 e. The smallest absolute Gasteiger partial charge is 0.345 e. The standard InChI is InChI=1S/C15H14O3S2/c1-9-2-3-13-10(4-9)5-11(18-13)7-19-12-6-14(15(16)17)20-8-12/h2-4,6,8,11H,5,7H2,1H3,(H,16,17). The van der Waals surface area contributed by atoms with Crippen molar-refractivity contribution in [3.05, 3.63) is 45.6 Å². The van der Waals surface area contributed by atoms with Crippen LogP contribution < -0.4 is 4.74 Å². The van der Waals surface area contributed by atoms with Gasteiger partial charge in [-0.15, -0.1) is 23.1 Å². The number of carbonyl (C=O) groups is 1. The average Bonchev–Trinajstić information content (AvgIpc) is 3.01. The Bertz CT molecular complexity index is 648. The summed E-state index contributed by atoms with van der Waals surface area (Å²) in [5, 5.41) is 10.8. The van der Waals surface area contributed by atoms with Crippen LogP contribution in [0.15, 0.2) is 34.5 Å². The predicted molar refractivity (Wildman–Crippen MR) is 81.3 cm³/mol. The molecule has 0 spiro atoms. The first-order chi connectivity index (χ1) is 9.61. The molecule has 5 heteroatoms. The average molecular weight is 306 g/mol. The van der Waals surface area contributed by atoms with Gasteiger partial charge < -0.3 is 9.84 Å². The van der Waals surface area contributed by atoms with E-state index in [0.29, 0.717) is 4.88 Å². The van der Waals surface area contributed by atoms with Gasteiger partial charge in [0.2, 0.25) is 0 Å². The minimum atomic E-state index is -0.859. The molecule has 3 rings (SSSR count). The van der Waals surface area contributed by atoms with Crippen LogP contribution in [0.5, 0.6) is 5.75 Å². The zero-order valence-corrected chi connectivity index (χ0v) is 12.6. The fourth-order valence-corrected chi connectivity index (χ4v) is 4.10. The van der Waals surface area contributed by atoms with Gasteiger partial charge in [-0.3, -0.25) is 0 Å². The fraction of sp³-hybridized carbons (Fsp3) is 0.267. The summed E-state index contributed by atoms with van der Waals surface area (Å²) in [6.07, 6.45) is 1.10. The summed E-state index contributed by atoms with van der Waals surface area (Å²) in [6, 6.07) is 7.99. The number of hydrogen-bond acceptors (Lipinski definition) is 4. The number of aryl methyl sites for hydroxylation is 1. The maximum absolute atomic E-state index is 10.8. The summed E-state index contributed by atoms with van der Waals surface area (Å²) in [6.45, 7) is 2.08. The third-order valence-corrected chi connectivity index (χ3v) is 5.35. The van der Waals surface area contributed by atoms with Gasteiger partial charge in [0.15, 0.2) is 0 Å². The van der Waals surface area contributed by atoms with Crippen molar-refractivity contribution in [3.8, 4) is 5.75 Å². The SMILES string of the molecule is Cc1ccc2c(c1)CC(CSc1csc(C(=O)O)c1)O2.